The standard InChI is InChI=1S/C6H11ClO2S/c1-4(7)5(10-3)6(8)9-2/h4-5H,1-3H3/t4-,5-/m0/s1. The van der Waals surface area contributed by atoms with E-state index in [0.29, 0.717) is 0 Å². The summed E-state index contributed by atoms with van der Waals surface area (Å²) in [4.78, 5) is 10.9. The second-order valence-corrected chi connectivity index (χ2v) is 3.52. The van der Waals surface area contributed by atoms with Gasteiger partial charge in [0.2, 0.25) is 0 Å². The molecular weight excluding hydrogens is 172 g/mol. The van der Waals surface area contributed by atoms with E-state index in [9.17, 15) is 4.79 Å². The summed E-state index contributed by atoms with van der Waals surface area (Å²) in [6, 6.07) is 0. The van der Waals surface area contributed by atoms with E-state index >= 15 is 0 Å². The Hall–Kier alpha value is 0.110. The highest BCUT2D eigenvalue weighted by Crippen LogP contribution is 2.16. The van der Waals surface area contributed by atoms with Gasteiger partial charge in [-0.15, -0.1) is 23.4 Å². The summed E-state index contributed by atoms with van der Waals surface area (Å²) in [6.45, 7) is 1.78. The maximum atomic E-state index is 10.9. The summed E-state index contributed by atoms with van der Waals surface area (Å²) in [6.07, 6.45) is 1.83. The number of hydrogen-bond donors (Lipinski definition) is 0. The maximum Gasteiger partial charge on any atom is 0.320 e. The van der Waals surface area contributed by atoms with Gasteiger partial charge in [0.15, 0.2) is 0 Å². The lowest BCUT2D eigenvalue weighted by atomic mass is 10.3. The van der Waals surface area contributed by atoms with Crippen molar-refractivity contribution in [3.05, 3.63) is 0 Å². The van der Waals surface area contributed by atoms with Crippen LogP contribution in [0.4, 0.5) is 0 Å². The molecule has 0 aromatic heterocycles. The van der Waals surface area contributed by atoms with Crippen LogP contribution in [0.25, 0.3) is 0 Å². The molecule has 0 bridgehead atoms. The molecule has 0 rings (SSSR count). The van der Waals surface area contributed by atoms with Gasteiger partial charge in [0.05, 0.1) is 12.5 Å². The quantitative estimate of drug-likeness (QED) is 0.489. The summed E-state index contributed by atoms with van der Waals surface area (Å²) in [5.74, 6) is -0.255. The van der Waals surface area contributed by atoms with Gasteiger partial charge >= 0.3 is 5.97 Å². The van der Waals surface area contributed by atoms with Crippen molar-refractivity contribution in [3.63, 3.8) is 0 Å². The molecule has 0 amide bonds. The second kappa shape index (κ2) is 4.85. The highest BCUT2D eigenvalue weighted by atomic mass is 35.5. The van der Waals surface area contributed by atoms with Gasteiger partial charge in [-0.05, 0) is 13.2 Å². The Kier molecular flexibility index (Phi) is 4.91. The number of methoxy groups -OCH3 is 1. The van der Waals surface area contributed by atoms with Crippen LogP contribution < -0.4 is 0 Å². The number of esters is 1. The Labute approximate surface area is 70.3 Å². The Morgan fingerprint density at radius 3 is 2.30 bits per heavy atom. The van der Waals surface area contributed by atoms with Crippen molar-refractivity contribution in [2.75, 3.05) is 13.4 Å². The number of halogens is 1. The molecule has 2 nitrogen and oxygen atoms in total. The van der Waals surface area contributed by atoms with E-state index in [0.717, 1.165) is 0 Å². The van der Waals surface area contributed by atoms with Crippen LogP contribution in [-0.4, -0.2) is 30.0 Å². The SMILES string of the molecule is COC(=O)[C@@H](SC)[C@H](C)Cl. The van der Waals surface area contributed by atoms with E-state index in [-0.39, 0.29) is 16.6 Å². The molecule has 60 valence electrons. The normalized spacial score (nSPS) is 16.0. The van der Waals surface area contributed by atoms with Crippen LogP contribution in [0.5, 0.6) is 0 Å². The number of alkyl halides is 1. The molecule has 0 spiro atoms. The van der Waals surface area contributed by atoms with Gasteiger partial charge in [-0.1, -0.05) is 0 Å². The molecule has 0 aliphatic rings. The fraction of sp³-hybridized carbons (Fsp3) is 0.833. The van der Waals surface area contributed by atoms with Crippen molar-refractivity contribution in [2.24, 2.45) is 0 Å². The predicted molar refractivity (Wildman–Crippen MR) is 44.6 cm³/mol. The molecule has 0 saturated carbocycles. The minimum absolute atomic E-state index is 0.178. The molecule has 0 aliphatic carbocycles. The van der Waals surface area contributed by atoms with Crippen LogP contribution >= 0.6 is 23.4 Å². The lowest BCUT2D eigenvalue weighted by Crippen LogP contribution is -2.26. The van der Waals surface area contributed by atoms with Crippen LogP contribution in [0.15, 0.2) is 0 Å². The molecule has 0 aromatic carbocycles. The topological polar surface area (TPSA) is 26.3 Å². The summed E-state index contributed by atoms with van der Waals surface area (Å²) in [5.41, 5.74) is 0. The molecule has 0 heterocycles. The zero-order valence-electron chi connectivity index (χ0n) is 6.26. The van der Waals surface area contributed by atoms with Crippen molar-refractivity contribution in [1.82, 2.24) is 0 Å². The van der Waals surface area contributed by atoms with Crippen LogP contribution in [0.2, 0.25) is 0 Å². The fourth-order valence-corrected chi connectivity index (χ4v) is 1.66. The third-order valence-corrected chi connectivity index (χ3v) is 2.61. The molecule has 0 fully saturated rings. The van der Waals surface area contributed by atoms with Gasteiger partial charge in [-0.3, -0.25) is 4.79 Å². The number of thioether (sulfide) groups is 1. The van der Waals surface area contributed by atoms with E-state index in [1.165, 1.54) is 18.9 Å². The van der Waals surface area contributed by atoms with E-state index < -0.39 is 0 Å². The first-order valence-corrected chi connectivity index (χ1v) is 4.60. The summed E-state index contributed by atoms with van der Waals surface area (Å²) < 4.78 is 4.52. The van der Waals surface area contributed by atoms with Gasteiger partial charge in [-0.25, -0.2) is 0 Å². The van der Waals surface area contributed by atoms with E-state index in [4.69, 9.17) is 11.6 Å². The summed E-state index contributed by atoms with van der Waals surface area (Å²) in [7, 11) is 1.37. The van der Waals surface area contributed by atoms with Gasteiger partial charge in [0, 0.05) is 0 Å². The van der Waals surface area contributed by atoms with Gasteiger partial charge in [0.25, 0.3) is 0 Å². The molecule has 0 radical (unpaired) electrons. The molecule has 0 saturated heterocycles. The van der Waals surface area contributed by atoms with Crippen LogP contribution in [-0.2, 0) is 9.53 Å². The number of carbonyl (C=O) groups is 1. The lowest BCUT2D eigenvalue weighted by Gasteiger charge is -2.12. The zero-order chi connectivity index (χ0) is 8.15. The molecule has 2 atom stereocenters. The highest BCUT2D eigenvalue weighted by Gasteiger charge is 2.22. The summed E-state index contributed by atoms with van der Waals surface area (Å²) in [5, 5.41) is -0.422. The Morgan fingerprint density at radius 1 is 1.70 bits per heavy atom. The third kappa shape index (κ3) is 2.80. The number of hydrogen-bond acceptors (Lipinski definition) is 3. The first-order valence-electron chi connectivity index (χ1n) is 2.88. The lowest BCUT2D eigenvalue weighted by molar-refractivity contribution is -0.139. The van der Waals surface area contributed by atoms with Crippen molar-refractivity contribution in [1.29, 1.82) is 0 Å². The largest absolute Gasteiger partial charge is 0.468 e. The number of ether oxygens (including phenoxy) is 1. The first kappa shape index (κ1) is 10.1. The molecule has 0 unspecified atom stereocenters. The average Bonchev–Trinajstić information content (AvgIpc) is 1.88. The Balaban J connectivity index is 3.93. The molecule has 0 N–H and O–H groups in total. The molecule has 10 heavy (non-hydrogen) atoms. The number of rotatable bonds is 3. The van der Waals surface area contributed by atoms with E-state index in [1.807, 2.05) is 6.26 Å². The molecular formula is C6H11ClO2S. The predicted octanol–water partition coefficient (Wildman–Crippen LogP) is 1.52. The van der Waals surface area contributed by atoms with Crippen LogP contribution in [0, 0.1) is 0 Å². The Bertz CT molecular complexity index is 116. The second-order valence-electron chi connectivity index (χ2n) is 1.86. The zero-order valence-corrected chi connectivity index (χ0v) is 7.83. The minimum atomic E-state index is -0.255. The number of carbonyl (C=O) groups excluding carboxylic acids is 1. The van der Waals surface area contributed by atoms with Gasteiger partial charge < -0.3 is 4.74 Å². The van der Waals surface area contributed by atoms with Crippen LogP contribution in [0.1, 0.15) is 6.92 Å². The van der Waals surface area contributed by atoms with Crippen LogP contribution in [0.3, 0.4) is 0 Å². The average molecular weight is 183 g/mol. The monoisotopic (exact) mass is 182 g/mol. The van der Waals surface area contributed by atoms with Crippen molar-refractivity contribution < 1.29 is 9.53 Å². The molecule has 0 aliphatic heterocycles. The van der Waals surface area contributed by atoms with E-state index in [2.05, 4.69) is 4.74 Å². The van der Waals surface area contributed by atoms with Crippen molar-refractivity contribution in [3.8, 4) is 0 Å². The van der Waals surface area contributed by atoms with Gasteiger partial charge in [0.1, 0.15) is 5.25 Å². The van der Waals surface area contributed by atoms with E-state index in [1.54, 1.807) is 6.92 Å². The molecule has 0 aromatic rings. The van der Waals surface area contributed by atoms with Crippen molar-refractivity contribution in [2.45, 2.75) is 17.6 Å². The fourth-order valence-electron chi connectivity index (χ4n) is 0.587. The third-order valence-electron chi connectivity index (χ3n) is 1.10. The first-order chi connectivity index (χ1) is 4.63. The minimum Gasteiger partial charge on any atom is -0.468 e. The smallest absolute Gasteiger partial charge is 0.320 e. The maximum absolute atomic E-state index is 10.9. The Morgan fingerprint density at radius 2 is 2.20 bits per heavy atom. The van der Waals surface area contributed by atoms with Crippen molar-refractivity contribution >= 4 is 29.3 Å². The highest BCUT2D eigenvalue weighted by molar-refractivity contribution is 8.00. The van der Waals surface area contributed by atoms with Gasteiger partial charge in [-0.2, -0.15) is 0 Å². The molecule has 4 heteroatoms. The summed E-state index contributed by atoms with van der Waals surface area (Å²) >= 11 is 7.10.